The van der Waals surface area contributed by atoms with Crippen molar-refractivity contribution >= 4 is 15.7 Å². The Hall–Kier alpha value is -2.22. The average Bonchev–Trinajstić information content (AvgIpc) is 3.11. The van der Waals surface area contributed by atoms with E-state index in [4.69, 9.17) is 0 Å². The van der Waals surface area contributed by atoms with Crippen LogP contribution in [-0.4, -0.2) is 58.3 Å². The summed E-state index contributed by atoms with van der Waals surface area (Å²) in [4.78, 5) is 15.7. The van der Waals surface area contributed by atoms with E-state index in [1.165, 1.54) is 11.0 Å². The number of amides is 1. The molecule has 1 aliphatic heterocycles. The largest absolute Gasteiger partial charge is 0.337 e. The molecule has 0 radical (unpaired) electrons. The summed E-state index contributed by atoms with van der Waals surface area (Å²) < 4.78 is 24.7. The Labute approximate surface area is 153 Å². The lowest BCUT2D eigenvalue weighted by molar-refractivity contribution is 0.0719. The Morgan fingerprint density at radius 2 is 1.85 bits per heavy atom. The summed E-state index contributed by atoms with van der Waals surface area (Å²) in [5.74, 6) is 0.122. The highest BCUT2D eigenvalue weighted by Gasteiger charge is 2.32. The first-order valence-electron chi connectivity index (χ1n) is 8.85. The number of sulfone groups is 1. The van der Waals surface area contributed by atoms with Gasteiger partial charge in [-0.15, -0.1) is 5.10 Å². The normalized spacial score (nSPS) is 16.2. The number of aromatic nitrogens is 3. The first-order chi connectivity index (χ1) is 12.4. The van der Waals surface area contributed by atoms with Crippen molar-refractivity contribution in [1.29, 1.82) is 0 Å². The molecule has 7 nitrogen and oxygen atoms in total. The number of nitrogens with zero attached hydrogens (tertiary/aromatic N) is 4. The molecule has 2 aromatic rings. The molecule has 1 aliphatic rings. The van der Waals surface area contributed by atoms with E-state index in [0.717, 1.165) is 5.69 Å². The van der Waals surface area contributed by atoms with Crippen LogP contribution in [0.15, 0.2) is 36.5 Å². The van der Waals surface area contributed by atoms with E-state index in [2.05, 4.69) is 10.2 Å². The van der Waals surface area contributed by atoms with Gasteiger partial charge in [-0.05, 0) is 30.9 Å². The Morgan fingerprint density at radius 1 is 1.19 bits per heavy atom. The van der Waals surface area contributed by atoms with Gasteiger partial charge in [0.05, 0.1) is 22.9 Å². The van der Waals surface area contributed by atoms with E-state index < -0.39 is 9.84 Å². The molecule has 26 heavy (non-hydrogen) atoms. The van der Waals surface area contributed by atoms with Crippen LogP contribution in [0.2, 0.25) is 0 Å². The molecule has 0 unspecified atom stereocenters. The van der Waals surface area contributed by atoms with Gasteiger partial charge in [0.25, 0.3) is 5.91 Å². The minimum absolute atomic E-state index is 0.118. The molecule has 0 spiro atoms. The monoisotopic (exact) mass is 376 g/mol. The second-order valence-electron chi connectivity index (χ2n) is 7.07. The molecule has 1 saturated heterocycles. The number of hydrogen-bond donors (Lipinski definition) is 0. The van der Waals surface area contributed by atoms with Crippen molar-refractivity contribution in [2.75, 3.05) is 18.8 Å². The van der Waals surface area contributed by atoms with Gasteiger partial charge in [0.2, 0.25) is 0 Å². The smallest absolute Gasteiger partial charge is 0.276 e. The summed E-state index contributed by atoms with van der Waals surface area (Å²) >= 11 is 0. The van der Waals surface area contributed by atoms with Crippen molar-refractivity contribution in [1.82, 2.24) is 19.9 Å². The first kappa shape index (κ1) is 18.6. The molecule has 1 amide bonds. The van der Waals surface area contributed by atoms with Gasteiger partial charge < -0.3 is 4.90 Å². The molecule has 1 aromatic heterocycles. The first-order valence-corrected chi connectivity index (χ1v) is 10.6. The zero-order chi connectivity index (χ0) is 18.7. The fourth-order valence-corrected chi connectivity index (χ4v) is 5.36. The van der Waals surface area contributed by atoms with Crippen molar-refractivity contribution < 1.29 is 13.2 Å². The fourth-order valence-electron chi connectivity index (χ4n) is 3.23. The minimum atomic E-state index is -3.10. The van der Waals surface area contributed by atoms with Gasteiger partial charge in [0.1, 0.15) is 0 Å². The second kappa shape index (κ2) is 7.57. The Bertz CT molecular complexity index is 854. The van der Waals surface area contributed by atoms with E-state index >= 15 is 0 Å². The van der Waals surface area contributed by atoms with Crippen LogP contribution in [0.3, 0.4) is 0 Å². The quantitative estimate of drug-likeness (QED) is 0.796. The van der Waals surface area contributed by atoms with Crippen LogP contribution in [0.25, 0.3) is 5.69 Å². The zero-order valence-corrected chi connectivity index (χ0v) is 15.9. The van der Waals surface area contributed by atoms with Crippen LogP contribution < -0.4 is 0 Å². The lowest BCUT2D eigenvalue weighted by Crippen LogP contribution is -2.43. The minimum Gasteiger partial charge on any atom is -0.337 e. The van der Waals surface area contributed by atoms with Gasteiger partial charge in [0, 0.05) is 13.1 Å². The molecule has 0 saturated carbocycles. The van der Waals surface area contributed by atoms with Gasteiger partial charge >= 0.3 is 0 Å². The molecule has 0 atom stereocenters. The molecule has 1 fully saturated rings. The highest BCUT2D eigenvalue weighted by Crippen LogP contribution is 2.21. The number of piperidine rings is 1. The summed E-state index contributed by atoms with van der Waals surface area (Å²) in [5, 5.41) is 8.06. The number of carbonyl (C=O) groups is 1. The molecular formula is C18H24N4O3S. The lowest BCUT2D eigenvalue weighted by atomic mass is 10.1. The molecule has 140 valence electrons. The van der Waals surface area contributed by atoms with Crippen LogP contribution in [0.4, 0.5) is 0 Å². The van der Waals surface area contributed by atoms with Crippen LogP contribution in [0.1, 0.15) is 37.2 Å². The van der Waals surface area contributed by atoms with Gasteiger partial charge in [-0.2, -0.15) is 9.90 Å². The topological polar surface area (TPSA) is 85.2 Å². The number of benzene rings is 1. The number of para-hydroxylation sites is 1. The molecule has 3 rings (SSSR count). The van der Waals surface area contributed by atoms with E-state index in [1.54, 1.807) is 4.90 Å². The molecule has 0 aliphatic carbocycles. The maximum Gasteiger partial charge on any atom is 0.276 e. The van der Waals surface area contributed by atoms with Gasteiger partial charge in [-0.3, -0.25) is 4.79 Å². The standard InChI is InChI=1S/C18H24N4O3S/c1-14(2)13-26(24,25)16-8-10-21(11-9-16)18(23)17-12-19-22(20-17)15-6-4-3-5-7-15/h3-7,12,14,16H,8-11,13H2,1-2H3. The van der Waals surface area contributed by atoms with E-state index in [0.29, 0.717) is 25.9 Å². The number of carbonyl (C=O) groups excluding carboxylic acids is 1. The molecular weight excluding hydrogens is 352 g/mol. The van der Waals surface area contributed by atoms with Crippen LogP contribution in [0.5, 0.6) is 0 Å². The molecule has 2 heterocycles. The highest BCUT2D eigenvalue weighted by atomic mass is 32.2. The Morgan fingerprint density at radius 3 is 2.46 bits per heavy atom. The van der Waals surface area contributed by atoms with Crippen LogP contribution in [0, 0.1) is 5.92 Å². The third-order valence-electron chi connectivity index (χ3n) is 4.50. The van der Waals surface area contributed by atoms with Crippen LogP contribution >= 0.6 is 0 Å². The Kier molecular flexibility index (Phi) is 5.41. The van der Waals surface area contributed by atoms with Crippen molar-refractivity contribution in [3.05, 3.63) is 42.2 Å². The number of hydrogen-bond acceptors (Lipinski definition) is 5. The summed E-state index contributed by atoms with van der Waals surface area (Å²) in [5.41, 5.74) is 1.06. The van der Waals surface area contributed by atoms with Crippen LogP contribution in [-0.2, 0) is 9.84 Å². The molecule has 0 N–H and O–H groups in total. The van der Waals surface area contributed by atoms with Gasteiger partial charge in [0.15, 0.2) is 15.5 Å². The van der Waals surface area contributed by atoms with Crippen molar-refractivity contribution in [3.8, 4) is 5.69 Å². The third-order valence-corrected chi connectivity index (χ3v) is 7.12. The molecule has 1 aromatic carbocycles. The third kappa shape index (κ3) is 4.12. The number of likely N-dealkylation sites (tertiary alicyclic amines) is 1. The van der Waals surface area contributed by atoms with E-state index in [-0.39, 0.29) is 28.5 Å². The lowest BCUT2D eigenvalue weighted by Gasteiger charge is -2.31. The fraction of sp³-hybridized carbons (Fsp3) is 0.500. The average molecular weight is 376 g/mol. The Balaban J connectivity index is 1.63. The van der Waals surface area contributed by atoms with E-state index in [9.17, 15) is 13.2 Å². The maximum absolute atomic E-state index is 12.6. The van der Waals surface area contributed by atoms with Crippen molar-refractivity contribution in [2.45, 2.75) is 31.9 Å². The molecule has 8 heteroatoms. The SMILES string of the molecule is CC(C)CS(=O)(=O)C1CCN(C(=O)c2cnn(-c3ccccc3)n2)CC1. The second-order valence-corrected chi connectivity index (χ2v) is 9.40. The van der Waals surface area contributed by atoms with E-state index in [1.807, 2.05) is 44.2 Å². The predicted octanol–water partition coefficient (Wildman–Crippen LogP) is 1.94. The summed E-state index contributed by atoms with van der Waals surface area (Å²) in [7, 11) is -3.10. The molecule has 0 bridgehead atoms. The highest BCUT2D eigenvalue weighted by molar-refractivity contribution is 7.92. The van der Waals surface area contributed by atoms with Crippen molar-refractivity contribution in [3.63, 3.8) is 0 Å². The maximum atomic E-state index is 12.6. The van der Waals surface area contributed by atoms with Gasteiger partial charge in [-0.1, -0.05) is 32.0 Å². The summed E-state index contributed by atoms with van der Waals surface area (Å²) in [6.07, 6.45) is 2.41. The summed E-state index contributed by atoms with van der Waals surface area (Å²) in [6.45, 7) is 4.68. The predicted molar refractivity (Wildman–Crippen MR) is 98.9 cm³/mol. The number of rotatable bonds is 5. The summed E-state index contributed by atoms with van der Waals surface area (Å²) in [6, 6.07) is 9.38. The van der Waals surface area contributed by atoms with Crippen molar-refractivity contribution in [2.24, 2.45) is 5.92 Å². The zero-order valence-electron chi connectivity index (χ0n) is 15.1. The van der Waals surface area contributed by atoms with Gasteiger partial charge in [-0.25, -0.2) is 8.42 Å².